The van der Waals surface area contributed by atoms with Gasteiger partial charge in [0.25, 0.3) is 5.56 Å². The summed E-state index contributed by atoms with van der Waals surface area (Å²) >= 11 is 1.45. The highest BCUT2D eigenvalue weighted by Crippen LogP contribution is 2.29. The third-order valence-electron chi connectivity index (χ3n) is 6.92. The summed E-state index contributed by atoms with van der Waals surface area (Å²) in [6, 6.07) is 24.4. The lowest BCUT2D eigenvalue weighted by Crippen LogP contribution is -2.47. The van der Waals surface area contributed by atoms with Crippen LogP contribution in [0.25, 0.3) is 27.5 Å². The molecule has 0 unspecified atom stereocenters. The number of piperazine rings is 1. The Hall–Kier alpha value is -4.32. The standard InChI is InChI=1S/C30H26N6OS/c1-21-8-7-13-36-27(21)33-28(35-16-14-34(15-17-35)20-22-9-3-2-4-10-22)24(30(36)37)18-23(19-31)29-32-25-11-5-6-12-26(25)38-29/h2-13,18H,14-17,20H2,1H3/b23-18+. The first kappa shape index (κ1) is 24.0. The summed E-state index contributed by atoms with van der Waals surface area (Å²) in [5.41, 5.74) is 4.28. The summed E-state index contributed by atoms with van der Waals surface area (Å²) in [4.78, 5) is 28.1. The molecular formula is C30H26N6OS. The molecule has 2 aromatic carbocycles. The second kappa shape index (κ2) is 10.2. The largest absolute Gasteiger partial charge is 0.353 e. The zero-order valence-electron chi connectivity index (χ0n) is 21.0. The van der Waals surface area contributed by atoms with E-state index < -0.39 is 0 Å². The lowest BCUT2D eigenvalue weighted by atomic mass is 10.1. The van der Waals surface area contributed by atoms with Crippen LogP contribution in [-0.2, 0) is 6.54 Å². The lowest BCUT2D eigenvalue weighted by molar-refractivity contribution is 0.249. The molecule has 5 aromatic rings. The molecule has 1 aliphatic rings. The van der Waals surface area contributed by atoms with Crippen molar-refractivity contribution in [3.8, 4) is 6.07 Å². The van der Waals surface area contributed by atoms with Crippen LogP contribution in [-0.4, -0.2) is 45.4 Å². The van der Waals surface area contributed by atoms with Crippen molar-refractivity contribution in [2.24, 2.45) is 0 Å². The average Bonchev–Trinajstić information content (AvgIpc) is 3.38. The van der Waals surface area contributed by atoms with Gasteiger partial charge in [0, 0.05) is 38.9 Å². The first-order valence-electron chi connectivity index (χ1n) is 12.6. The third-order valence-corrected chi connectivity index (χ3v) is 7.99. The summed E-state index contributed by atoms with van der Waals surface area (Å²) in [6.07, 6.45) is 3.41. The van der Waals surface area contributed by atoms with E-state index in [1.807, 2.05) is 49.4 Å². The number of benzene rings is 2. The Bertz CT molecular complexity index is 1720. The van der Waals surface area contributed by atoms with E-state index in [2.05, 4.69) is 45.1 Å². The zero-order valence-corrected chi connectivity index (χ0v) is 21.9. The Kier molecular flexibility index (Phi) is 6.46. The number of nitriles is 1. The molecule has 8 heteroatoms. The van der Waals surface area contributed by atoms with Crippen LogP contribution in [0.15, 0.2) is 77.7 Å². The van der Waals surface area contributed by atoms with Crippen LogP contribution in [0.4, 0.5) is 5.82 Å². The molecule has 4 heterocycles. The van der Waals surface area contributed by atoms with E-state index >= 15 is 0 Å². The fourth-order valence-electron chi connectivity index (χ4n) is 4.90. The van der Waals surface area contributed by atoms with E-state index in [-0.39, 0.29) is 5.56 Å². The molecule has 7 nitrogen and oxygen atoms in total. The van der Waals surface area contributed by atoms with Crippen molar-refractivity contribution in [2.45, 2.75) is 13.5 Å². The number of anilines is 1. The number of hydrogen-bond acceptors (Lipinski definition) is 7. The first-order chi connectivity index (χ1) is 18.6. The van der Waals surface area contributed by atoms with E-state index in [9.17, 15) is 10.1 Å². The Morgan fingerprint density at radius 2 is 1.76 bits per heavy atom. The third kappa shape index (κ3) is 4.58. The highest BCUT2D eigenvalue weighted by Gasteiger charge is 2.24. The van der Waals surface area contributed by atoms with Crippen LogP contribution in [0, 0.1) is 18.3 Å². The van der Waals surface area contributed by atoms with Gasteiger partial charge in [0.15, 0.2) is 0 Å². The number of para-hydroxylation sites is 1. The molecule has 0 amide bonds. The Morgan fingerprint density at radius 1 is 1.00 bits per heavy atom. The predicted octanol–water partition coefficient (Wildman–Crippen LogP) is 5.00. The van der Waals surface area contributed by atoms with Gasteiger partial charge in [-0.15, -0.1) is 11.3 Å². The fourth-order valence-corrected chi connectivity index (χ4v) is 5.83. The minimum atomic E-state index is -0.186. The number of hydrogen-bond donors (Lipinski definition) is 0. The van der Waals surface area contributed by atoms with Crippen molar-refractivity contribution in [3.63, 3.8) is 0 Å². The Labute approximate surface area is 224 Å². The maximum absolute atomic E-state index is 13.8. The molecular weight excluding hydrogens is 492 g/mol. The van der Waals surface area contributed by atoms with Gasteiger partial charge in [-0.3, -0.25) is 14.1 Å². The summed E-state index contributed by atoms with van der Waals surface area (Å²) in [5, 5.41) is 10.7. The van der Waals surface area contributed by atoms with Crippen molar-refractivity contribution in [1.82, 2.24) is 19.3 Å². The highest BCUT2D eigenvalue weighted by atomic mass is 32.1. The Balaban J connectivity index is 1.40. The molecule has 0 aliphatic carbocycles. The number of rotatable bonds is 5. The van der Waals surface area contributed by atoms with Gasteiger partial charge in [0.2, 0.25) is 0 Å². The van der Waals surface area contributed by atoms with Crippen molar-refractivity contribution < 1.29 is 0 Å². The zero-order chi connectivity index (χ0) is 26.1. The van der Waals surface area contributed by atoms with E-state index in [0.717, 1.165) is 48.5 Å². The number of thiazole rings is 1. The van der Waals surface area contributed by atoms with Crippen molar-refractivity contribution in [2.75, 3.05) is 31.1 Å². The predicted molar refractivity (Wildman–Crippen MR) is 153 cm³/mol. The molecule has 6 rings (SSSR count). The van der Waals surface area contributed by atoms with Gasteiger partial charge >= 0.3 is 0 Å². The van der Waals surface area contributed by atoms with Crippen LogP contribution in [0.1, 0.15) is 21.7 Å². The molecule has 38 heavy (non-hydrogen) atoms. The van der Waals surface area contributed by atoms with Gasteiger partial charge in [0.1, 0.15) is 22.5 Å². The van der Waals surface area contributed by atoms with E-state index in [0.29, 0.717) is 27.6 Å². The Morgan fingerprint density at radius 3 is 2.53 bits per heavy atom. The van der Waals surface area contributed by atoms with E-state index in [1.54, 1.807) is 16.7 Å². The quantitative estimate of drug-likeness (QED) is 0.305. The van der Waals surface area contributed by atoms with Crippen LogP contribution in [0.3, 0.4) is 0 Å². The number of aromatic nitrogens is 3. The summed E-state index contributed by atoms with van der Waals surface area (Å²) < 4.78 is 2.58. The molecule has 1 aliphatic heterocycles. The van der Waals surface area contributed by atoms with Gasteiger partial charge in [-0.05, 0) is 42.3 Å². The monoisotopic (exact) mass is 518 g/mol. The smallest absolute Gasteiger partial charge is 0.267 e. The number of allylic oxidation sites excluding steroid dienone is 1. The average molecular weight is 519 g/mol. The molecule has 188 valence electrons. The van der Waals surface area contributed by atoms with Crippen LogP contribution < -0.4 is 10.5 Å². The normalized spacial score (nSPS) is 14.7. The first-order valence-corrected chi connectivity index (χ1v) is 13.4. The number of nitrogens with zero attached hydrogens (tertiary/aromatic N) is 6. The van der Waals surface area contributed by atoms with E-state index in [1.165, 1.54) is 16.9 Å². The van der Waals surface area contributed by atoms with Crippen molar-refractivity contribution >= 4 is 44.7 Å². The molecule has 1 fully saturated rings. The van der Waals surface area contributed by atoms with Crippen LogP contribution in [0.5, 0.6) is 0 Å². The lowest BCUT2D eigenvalue weighted by Gasteiger charge is -2.36. The van der Waals surface area contributed by atoms with E-state index in [4.69, 9.17) is 4.98 Å². The molecule has 3 aromatic heterocycles. The molecule has 0 N–H and O–H groups in total. The van der Waals surface area contributed by atoms with Crippen LogP contribution in [0.2, 0.25) is 0 Å². The minimum absolute atomic E-state index is 0.186. The summed E-state index contributed by atoms with van der Waals surface area (Å²) in [6.45, 7) is 6.05. The minimum Gasteiger partial charge on any atom is -0.353 e. The van der Waals surface area contributed by atoms with Gasteiger partial charge in [0.05, 0.1) is 21.4 Å². The molecule has 0 radical (unpaired) electrons. The molecule has 0 saturated carbocycles. The van der Waals surface area contributed by atoms with Gasteiger partial charge in [-0.1, -0.05) is 48.5 Å². The summed E-state index contributed by atoms with van der Waals surface area (Å²) in [7, 11) is 0. The second-order valence-corrected chi connectivity index (χ2v) is 10.5. The van der Waals surface area contributed by atoms with Crippen LogP contribution >= 0.6 is 11.3 Å². The van der Waals surface area contributed by atoms with Gasteiger partial charge in [-0.2, -0.15) is 5.26 Å². The molecule has 0 spiro atoms. The topological polar surface area (TPSA) is 77.5 Å². The van der Waals surface area contributed by atoms with Gasteiger partial charge < -0.3 is 4.90 Å². The maximum Gasteiger partial charge on any atom is 0.267 e. The molecule has 0 bridgehead atoms. The fraction of sp³-hybridized carbons (Fsp3) is 0.200. The number of aryl methyl sites for hydroxylation is 1. The number of pyridine rings is 1. The second-order valence-electron chi connectivity index (χ2n) is 9.44. The highest BCUT2D eigenvalue weighted by molar-refractivity contribution is 7.19. The number of fused-ring (bicyclic) bond motifs is 2. The van der Waals surface area contributed by atoms with Gasteiger partial charge in [-0.25, -0.2) is 9.97 Å². The molecule has 0 atom stereocenters. The molecule has 1 saturated heterocycles. The van der Waals surface area contributed by atoms with Crippen molar-refractivity contribution in [1.29, 1.82) is 5.26 Å². The summed E-state index contributed by atoms with van der Waals surface area (Å²) in [5.74, 6) is 0.623. The maximum atomic E-state index is 13.8. The van der Waals surface area contributed by atoms with Crippen molar-refractivity contribution in [3.05, 3.63) is 105 Å². The SMILES string of the molecule is Cc1cccn2c(=O)c(/C=C(\C#N)c3nc4ccccc4s3)c(N3CCN(Cc4ccccc4)CC3)nc12.